The Morgan fingerprint density at radius 1 is 1.31 bits per heavy atom. The number of rotatable bonds is 3. The van der Waals surface area contributed by atoms with Crippen molar-refractivity contribution in [3.05, 3.63) is 47.0 Å². The van der Waals surface area contributed by atoms with Gasteiger partial charge in [-0.1, -0.05) is 23.2 Å². The average molecular weight is 389 g/mol. The Labute approximate surface area is 159 Å². The second-order valence-electron chi connectivity index (χ2n) is 6.82. The number of halogens is 2. The summed E-state index contributed by atoms with van der Waals surface area (Å²) in [6, 6.07) is 4.96. The normalized spacial score (nSPS) is 24.1. The quantitative estimate of drug-likeness (QED) is 0.741. The van der Waals surface area contributed by atoms with Crippen LogP contribution in [0.15, 0.2) is 36.9 Å². The Hall–Kier alpha value is -2.31. The summed E-state index contributed by atoms with van der Waals surface area (Å²) in [5.41, 5.74) is 1.40. The molecule has 2 aliphatic rings. The van der Waals surface area contributed by atoms with Crippen molar-refractivity contribution >= 4 is 45.9 Å². The maximum absolute atomic E-state index is 11.8. The molecular formula is C18H14Cl2N4O2. The number of nitrogens with zero attached hydrogens (tertiary/aromatic N) is 4. The van der Waals surface area contributed by atoms with Crippen molar-refractivity contribution in [2.45, 2.75) is 12.5 Å². The summed E-state index contributed by atoms with van der Waals surface area (Å²) in [4.78, 5) is 22.5. The molecule has 1 aliphatic heterocycles. The molecule has 2 aromatic heterocycles. The van der Waals surface area contributed by atoms with E-state index < -0.39 is 12.0 Å². The van der Waals surface area contributed by atoms with Gasteiger partial charge in [0.05, 0.1) is 27.6 Å². The number of pyridine rings is 1. The topological polar surface area (TPSA) is 71.2 Å². The number of hydrogen-bond donors (Lipinski definition) is 1. The molecule has 3 aromatic rings. The predicted octanol–water partition coefficient (Wildman–Crippen LogP) is 3.64. The summed E-state index contributed by atoms with van der Waals surface area (Å²) >= 11 is 12.6. The first-order valence-corrected chi connectivity index (χ1v) is 9.06. The van der Waals surface area contributed by atoms with E-state index in [4.69, 9.17) is 23.2 Å². The van der Waals surface area contributed by atoms with E-state index in [1.54, 1.807) is 18.6 Å². The molecule has 3 atom stereocenters. The molecule has 0 bridgehead atoms. The molecule has 2 fully saturated rings. The first-order chi connectivity index (χ1) is 12.5. The lowest BCUT2D eigenvalue weighted by Crippen LogP contribution is -2.40. The number of carbonyl (C=O) groups is 1. The van der Waals surface area contributed by atoms with E-state index >= 15 is 0 Å². The summed E-state index contributed by atoms with van der Waals surface area (Å²) in [5, 5.41) is 11.3. The third-order valence-electron chi connectivity index (χ3n) is 5.32. The summed E-state index contributed by atoms with van der Waals surface area (Å²) < 4.78 is 1.87. The summed E-state index contributed by atoms with van der Waals surface area (Å²) in [7, 11) is 0. The lowest BCUT2D eigenvalue weighted by atomic mass is 10.1. The number of fused-ring (bicyclic) bond motifs is 2. The minimum atomic E-state index is -0.807. The summed E-state index contributed by atoms with van der Waals surface area (Å²) in [6.45, 7) is 0.696. The van der Waals surface area contributed by atoms with Crippen LogP contribution in [0.2, 0.25) is 10.0 Å². The van der Waals surface area contributed by atoms with Crippen molar-refractivity contribution in [1.29, 1.82) is 0 Å². The number of hydrogen-bond acceptors (Lipinski definition) is 4. The molecule has 6 nitrogen and oxygen atoms in total. The third-order valence-corrected chi connectivity index (χ3v) is 6.11. The van der Waals surface area contributed by atoms with Gasteiger partial charge in [0, 0.05) is 30.4 Å². The molecule has 8 heteroatoms. The standard InChI is InChI=1S/C18H14Cl2N4O2/c19-12-2-1-10-13(23-4-3-21-8-23)6-14(22-16(10)15(12)20)24-7-9-5-11(9)17(24)18(25)26/h1-4,6,8-9,11,17H,5,7H2,(H,25,26)/t9-,11?,17+/m1/s1. The number of aliphatic carboxylic acids is 1. The number of anilines is 1. The highest BCUT2D eigenvalue weighted by Gasteiger charge is 2.56. The largest absolute Gasteiger partial charge is 0.480 e. The monoisotopic (exact) mass is 388 g/mol. The van der Waals surface area contributed by atoms with Crippen molar-refractivity contribution in [2.75, 3.05) is 11.4 Å². The SMILES string of the molecule is O=C(O)[C@@H]1C2C[C@@H]2CN1c1cc(-n2ccnc2)c2ccc(Cl)c(Cl)c2n1. The fourth-order valence-corrected chi connectivity index (χ4v) is 4.34. The van der Waals surface area contributed by atoms with Crippen LogP contribution in [0.3, 0.4) is 0 Å². The van der Waals surface area contributed by atoms with Gasteiger partial charge in [0.25, 0.3) is 0 Å². The summed E-state index contributed by atoms with van der Waals surface area (Å²) in [6.07, 6.45) is 6.19. The van der Waals surface area contributed by atoms with E-state index in [-0.39, 0.29) is 5.92 Å². The van der Waals surface area contributed by atoms with Crippen LogP contribution < -0.4 is 4.90 Å². The summed E-state index contributed by atoms with van der Waals surface area (Å²) in [5.74, 6) is 0.430. The number of carboxylic acid groups (broad SMARTS) is 1. The average Bonchev–Trinajstić information content (AvgIpc) is 3.05. The van der Waals surface area contributed by atoms with E-state index in [1.807, 2.05) is 27.8 Å². The van der Waals surface area contributed by atoms with Gasteiger partial charge >= 0.3 is 5.97 Å². The molecular weight excluding hydrogens is 375 g/mol. The second-order valence-corrected chi connectivity index (χ2v) is 7.61. The van der Waals surface area contributed by atoms with Gasteiger partial charge in [-0.2, -0.15) is 0 Å². The molecule has 5 rings (SSSR count). The van der Waals surface area contributed by atoms with Crippen molar-refractivity contribution in [3.63, 3.8) is 0 Å². The Morgan fingerprint density at radius 3 is 2.88 bits per heavy atom. The third kappa shape index (κ3) is 2.29. The lowest BCUT2D eigenvalue weighted by molar-refractivity contribution is -0.138. The highest BCUT2D eigenvalue weighted by atomic mass is 35.5. The number of benzene rings is 1. The van der Waals surface area contributed by atoms with Gasteiger partial charge in [0.1, 0.15) is 11.9 Å². The first-order valence-electron chi connectivity index (χ1n) is 8.31. The fraction of sp³-hybridized carbons (Fsp3) is 0.278. The molecule has 132 valence electrons. The maximum atomic E-state index is 11.8. The van der Waals surface area contributed by atoms with E-state index in [0.29, 0.717) is 33.8 Å². The van der Waals surface area contributed by atoms with Gasteiger partial charge in [-0.15, -0.1) is 0 Å². The van der Waals surface area contributed by atoms with Crippen molar-refractivity contribution < 1.29 is 9.90 Å². The van der Waals surface area contributed by atoms with Crippen LogP contribution >= 0.6 is 23.2 Å². The van der Waals surface area contributed by atoms with Crippen molar-refractivity contribution in [2.24, 2.45) is 11.8 Å². The van der Waals surface area contributed by atoms with Crippen LogP contribution in [0.25, 0.3) is 16.6 Å². The predicted molar refractivity (Wildman–Crippen MR) is 99.3 cm³/mol. The van der Waals surface area contributed by atoms with Gasteiger partial charge in [0.2, 0.25) is 0 Å². The zero-order valence-electron chi connectivity index (χ0n) is 13.5. The minimum absolute atomic E-state index is 0.205. The number of carboxylic acids is 1. The molecule has 0 amide bonds. The van der Waals surface area contributed by atoms with Crippen LogP contribution in [-0.2, 0) is 4.79 Å². The minimum Gasteiger partial charge on any atom is -0.480 e. The van der Waals surface area contributed by atoms with Crippen molar-refractivity contribution in [3.8, 4) is 5.69 Å². The van der Waals surface area contributed by atoms with E-state index in [2.05, 4.69) is 9.97 Å². The van der Waals surface area contributed by atoms with Gasteiger partial charge < -0.3 is 14.6 Å². The smallest absolute Gasteiger partial charge is 0.326 e. The van der Waals surface area contributed by atoms with Crippen LogP contribution in [0.1, 0.15) is 6.42 Å². The van der Waals surface area contributed by atoms with Crippen molar-refractivity contribution in [1.82, 2.24) is 14.5 Å². The zero-order chi connectivity index (χ0) is 18.0. The molecule has 1 aliphatic carbocycles. The van der Waals surface area contributed by atoms with Crippen LogP contribution in [0.4, 0.5) is 5.82 Å². The maximum Gasteiger partial charge on any atom is 0.326 e. The highest BCUT2D eigenvalue weighted by Crippen LogP contribution is 2.51. The Balaban J connectivity index is 1.74. The van der Waals surface area contributed by atoms with E-state index in [0.717, 1.165) is 17.5 Å². The molecule has 1 saturated carbocycles. The number of piperidine rings is 1. The Bertz CT molecular complexity index is 1040. The molecule has 1 N–H and O–H groups in total. The first kappa shape index (κ1) is 15.9. The van der Waals surface area contributed by atoms with Gasteiger partial charge in [0.15, 0.2) is 0 Å². The van der Waals surface area contributed by atoms with E-state index in [1.165, 1.54) is 0 Å². The number of aromatic nitrogens is 3. The van der Waals surface area contributed by atoms with Crippen LogP contribution in [0.5, 0.6) is 0 Å². The molecule has 1 saturated heterocycles. The van der Waals surface area contributed by atoms with Crippen LogP contribution in [-0.4, -0.2) is 38.2 Å². The van der Waals surface area contributed by atoms with E-state index in [9.17, 15) is 9.90 Å². The van der Waals surface area contributed by atoms with Gasteiger partial charge in [-0.05, 0) is 30.4 Å². The lowest BCUT2D eigenvalue weighted by Gasteiger charge is -2.26. The second kappa shape index (κ2) is 5.59. The molecule has 0 spiro atoms. The number of imidazole rings is 1. The van der Waals surface area contributed by atoms with Crippen LogP contribution in [0, 0.1) is 11.8 Å². The molecule has 1 aromatic carbocycles. The Kier molecular flexibility index (Phi) is 3.42. The molecule has 1 unspecified atom stereocenters. The fourth-order valence-electron chi connectivity index (χ4n) is 3.98. The zero-order valence-corrected chi connectivity index (χ0v) is 15.0. The van der Waals surface area contributed by atoms with Gasteiger partial charge in [-0.25, -0.2) is 14.8 Å². The van der Waals surface area contributed by atoms with Gasteiger partial charge in [-0.3, -0.25) is 0 Å². The molecule has 26 heavy (non-hydrogen) atoms. The molecule has 3 heterocycles. The molecule has 0 radical (unpaired) electrons. The Morgan fingerprint density at radius 2 is 2.15 bits per heavy atom. The highest BCUT2D eigenvalue weighted by molar-refractivity contribution is 6.45.